The molecule has 0 amide bonds. The van der Waals surface area contributed by atoms with E-state index in [0.29, 0.717) is 6.17 Å². The van der Waals surface area contributed by atoms with Crippen molar-refractivity contribution >= 4 is 9.04 Å². The summed E-state index contributed by atoms with van der Waals surface area (Å²) in [7, 11) is 0.523. The molecule has 1 unspecified atom stereocenters. The first kappa shape index (κ1) is 7.49. The van der Waals surface area contributed by atoms with Crippen LogP contribution in [0.3, 0.4) is 0 Å². The summed E-state index contributed by atoms with van der Waals surface area (Å²) in [6, 6.07) is 0. The average molecular weight is 131 g/mol. The first-order valence-corrected chi connectivity index (χ1v) is 4.79. The lowest BCUT2D eigenvalue weighted by Gasteiger charge is -1.99. The molecule has 0 heterocycles. The van der Waals surface area contributed by atoms with E-state index < -0.39 is 9.04 Å². The highest BCUT2D eigenvalue weighted by Gasteiger charge is 1.96. The minimum Gasteiger partial charge on any atom is -0.423 e. The van der Waals surface area contributed by atoms with Crippen LogP contribution in [-0.4, -0.2) is 22.3 Å². The summed E-state index contributed by atoms with van der Waals surface area (Å²) >= 11 is 0. The molecule has 0 radical (unpaired) electrons. The molecule has 46 valence electrons. The molecule has 0 aliphatic heterocycles. The predicted octanol–water partition coefficient (Wildman–Crippen LogP) is 0.836. The molecule has 0 bridgehead atoms. The van der Waals surface area contributed by atoms with E-state index in [0.717, 1.165) is 0 Å². The highest BCUT2D eigenvalue weighted by atomic mass is 28.3. The smallest absolute Gasteiger partial charge is 0.179 e. The molecule has 5 heteroatoms. The fourth-order valence-electron chi connectivity index (χ4n) is 0.226. The Morgan fingerprint density at radius 2 is 2.50 bits per heavy atom. The second kappa shape index (κ2) is 4.64. The van der Waals surface area contributed by atoms with Crippen LogP contribution in [0.2, 0.25) is 6.55 Å². The van der Waals surface area contributed by atoms with Gasteiger partial charge in [-0.1, -0.05) is 5.11 Å². The van der Waals surface area contributed by atoms with Crippen molar-refractivity contribution in [1.29, 1.82) is 0 Å². The van der Waals surface area contributed by atoms with Crippen LogP contribution in [-0.2, 0) is 4.43 Å². The molecule has 0 aromatic heterocycles. The molecule has 0 fully saturated rings. The summed E-state index contributed by atoms with van der Waals surface area (Å²) in [6.07, 6.45) is 0.549. The summed E-state index contributed by atoms with van der Waals surface area (Å²) in [5, 5.41) is 3.36. The van der Waals surface area contributed by atoms with Gasteiger partial charge in [-0.3, -0.25) is 0 Å². The van der Waals surface area contributed by atoms with Crippen molar-refractivity contribution in [3.8, 4) is 0 Å². The normalized spacial score (nSPS) is 12.2. The van der Waals surface area contributed by atoms with Gasteiger partial charge in [0.25, 0.3) is 0 Å². The van der Waals surface area contributed by atoms with Crippen LogP contribution in [0.15, 0.2) is 5.11 Å². The van der Waals surface area contributed by atoms with Gasteiger partial charge in [0.2, 0.25) is 0 Å². The predicted molar refractivity (Wildman–Crippen MR) is 34.0 cm³/mol. The Hall–Kier alpha value is -0.513. The van der Waals surface area contributed by atoms with Gasteiger partial charge in [-0.05, 0) is 12.1 Å². The molecule has 0 N–H and O–H groups in total. The van der Waals surface area contributed by atoms with E-state index in [4.69, 9.17) is 9.96 Å². The molecule has 0 spiro atoms. The quantitative estimate of drug-likeness (QED) is 0.242. The van der Waals surface area contributed by atoms with Crippen LogP contribution in [0.4, 0.5) is 0 Å². The number of hydrogen-bond acceptors (Lipinski definition) is 2. The lowest BCUT2D eigenvalue weighted by Crippen LogP contribution is -2.14. The van der Waals surface area contributed by atoms with Crippen molar-refractivity contribution in [1.82, 2.24) is 0 Å². The van der Waals surface area contributed by atoms with Gasteiger partial charge in [0.1, 0.15) is 0 Å². The molecule has 1 atom stereocenters. The molecule has 0 rings (SSSR count). The van der Waals surface area contributed by atoms with E-state index in [9.17, 15) is 0 Å². The van der Waals surface area contributed by atoms with Gasteiger partial charge in [0.05, 0.1) is 0 Å². The van der Waals surface area contributed by atoms with Crippen molar-refractivity contribution in [2.45, 2.75) is 6.55 Å². The summed E-state index contributed by atoms with van der Waals surface area (Å²) in [6.45, 7) is 1.98. The molecule has 0 saturated heterocycles. The molecule has 4 nitrogen and oxygen atoms in total. The third-order valence-corrected chi connectivity index (χ3v) is 2.29. The van der Waals surface area contributed by atoms with E-state index >= 15 is 0 Å². The van der Waals surface area contributed by atoms with E-state index in [1.165, 1.54) is 0 Å². The monoisotopic (exact) mass is 131 g/mol. The Labute approximate surface area is 49.8 Å². The number of hydrogen-bond donors (Lipinski definition) is 0. The summed E-state index contributed by atoms with van der Waals surface area (Å²) in [5.41, 5.74) is 7.84. The third-order valence-electron chi connectivity index (χ3n) is 0.804. The van der Waals surface area contributed by atoms with Crippen molar-refractivity contribution in [3.63, 3.8) is 0 Å². The summed E-state index contributed by atoms with van der Waals surface area (Å²) in [4.78, 5) is 2.60. The number of azide groups is 1. The summed E-state index contributed by atoms with van der Waals surface area (Å²) in [5.74, 6) is 0. The second-order valence-electron chi connectivity index (χ2n) is 1.46. The van der Waals surface area contributed by atoms with Gasteiger partial charge in [-0.15, -0.1) is 0 Å². The van der Waals surface area contributed by atoms with Crippen LogP contribution < -0.4 is 0 Å². The fraction of sp³-hybridized carbons (Fsp3) is 1.00. The maximum absolute atomic E-state index is 7.84. The number of nitrogens with zero attached hydrogens (tertiary/aromatic N) is 3. The maximum atomic E-state index is 7.84. The highest BCUT2D eigenvalue weighted by molar-refractivity contribution is 6.50. The Balaban J connectivity index is 3.23. The van der Waals surface area contributed by atoms with E-state index in [-0.39, 0.29) is 0 Å². The van der Waals surface area contributed by atoms with Crippen molar-refractivity contribution < 1.29 is 4.43 Å². The zero-order valence-electron chi connectivity index (χ0n) is 5.03. The fourth-order valence-corrected chi connectivity index (χ4v) is 0.678. The standard InChI is InChI=1S/C3H9N3OSi/c1-7-8(2)3-5-6-4/h8H,3H2,1-2H3. The lowest BCUT2D eigenvalue weighted by molar-refractivity contribution is 0.425. The van der Waals surface area contributed by atoms with Gasteiger partial charge < -0.3 is 4.43 Å². The Bertz CT molecular complexity index is 101. The molecule has 0 aliphatic carbocycles. The van der Waals surface area contributed by atoms with Gasteiger partial charge in [-0.2, -0.15) is 0 Å². The van der Waals surface area contributed by atoms with Crippen LogP contribution in [0, 0.1) is 0 Å². The van der Waals surface area contributed by atoms with Gasteiger partial charge in [0.15, 0.2) is 9.04 Å². The Morgan fingerprint density at radius 3 is 2.88 bits per heavy atom. The van der Waals surface area contributed by atoms with Crippen molar-refractivity contribution in [2.24, 2.45) is 5.11 Å². The van der Waals surface area contributed by atoms with Crippen molar-refractivity contribution in [3.05, 3.63) is 10.4 Å². The lowest BCUT2D eigenvalue weighted by atomic mass is 11.5. The third kappa shape index (κ3) is 3.67. The van der Waals surface area contributed by atoms with Gasteiger partial charge >= 0.3 is 0 Å². The summed E-state index contributed by atoms with van der Waals surface area (Å²) < 4.78 is 4.93. The molecular formula is C3H9N3OSi. The SMILES string of the molecule is CO[SiH](C)CN=[N+]=[N-]. The Kier molecular flexibility index (Phi) is 4.34. The molecule has 0 aromatic rings. The van der Waals surface area contributed by atoms with Crippen LogP contribution >= 0.6 is 0 Å². The van der Waals surface area contributed by atoms with Crippen LogP contribution in [0.25, 0.3) is 10.4 Å². The largest absolute Gasteiger partial charge is 0.423 e. The van der Waals surface area contributed by atoms with Crippen molar-refractivity contribution in [2.75, 3.05) is 13.3 Å². The minimum absolute atomic E-state index is 0.549. The van der Waals surface area contributed by atoms with Gasteiger partial charge in [-0.25, -0.2) is 0 Å². The van der Waals surface area contributed by atoms with E-state index in [2.05, 4.69) is 10.0 Å². The Morgan fingerprint density at radius 1 is 1.88 bits per heavy atom. The number of rotatable bonds is 3. The molecule has 0 saturated carbocycles. The van der Waals surface area contributed by atoms with Crippen LogP contribution in [0.5, 0.6) is 0 Å². The highest BCUT2D eigenvalue weighted by Crippen LogP contribution is 1.81. The molecular weight excluding hydrogens is 122 g/mol. The first-order valence-electron chi connectivity index (χ1n) is 2.35. The zero-order chi connectivity index (χ0) is 6.41. The zero-order valence-corrected chi connectivity index (χ0v) is 6.19. The topological polar surface area (TPSA) is 58.0 Å². The average Bonchev–Trinajstić information content (AvgIpc) is 1.83. The second-order valence-corrected chi connectivity index (χ2v) is 3.92. The van der Waals surface area contributed by atoms with E-state index in [1.54, 1.807) is 7.11 Å². The molecule has 0 aliphatic rings. The minimum atomic E-state index is -1.12. The molecule has 8 heavy (non-hydrogen) atoms. The van der Waals surface area contributed by atoms with Gasteiger partial charge in [0, 0.05) is 18.2 Å². The maximum Gasteiger partial charge on any atom is 0.179 e. The first-order chi connectivity index (χ1) is 3.81. The van der Waals surface area contributed by atoms with Crippen LogP contribution in [0.1, 0.15) is 0 Å². The van der Waals surface area contributed by atoms with E-state index in [1.807, 2.05) is 6.55 Å². The molecule has 0 aromatic carbocycles.